The van der Waals surface area contributed by atoms with Gasteiger partial charge in [0, 0.05) is 25.0 Å². The lowest BCUT2D eigenvalue weighted by atomic mass is 9.54. The van der Waals surface area contributed by atoms with E-state index in [1.807, 2.05) is 12.1 Å². The number of benzene rings is 2. The largest absolute Gasteiger partial charge is 0.384 e. The Balaban J connectivity index is 1.29. The third-order valence-electron chi connectivity index (χ3n) is 9.49. The Bertz CT molecular complexity index is 1410. The Hall–Kier alpha value is -3.78. The molecule has 2 aromatic carbocycles. The van der Waals surface area contributed by atoms with Crippen molar-refractivity contribution in [1.29, 1.82) is 0 Å². The summed E-state index contributed by atoms with van der Waals surface area (Å²) in [6, 6.07) is 23.5. The molecule has 3 saturated carbocycles. The fourth-order valence-electron chi connectivity index (χ4n) is 7.22. The van der Waals surface area contributed by atoms with Crippen molar-refractivity contribution in [3.63, 3.8) is 0 Å². The normalized spacial score (nSPS) is 23.2. The second-order valence-electron chi connectivity index (χ2n) is 11.4. The summed E-state index contributed by atoms with van der Waals surface area (Å²) < 4.78 is 0. The molecule has 2 bridgehead atoms. The summed E-state index contributed by atoms with van der Waals surface area (Å²) in [5.41, 5.74) is 11.6. The van der Waals surface area contributed by atoms with E-state index < -0.39 is 0 Å². The fraction of sp³-hybridized carbons (Fsp3) is 0.419. The molecule has 2 aromatic heterocycles. The van der Waals surface area contributed by atoms with E-state index in [2.05, 4.69) is 85.2 Å². The van der Waals surface area contributed by atoms with E-state index >= 15 is 0 Å². The number of hydrogen-bond acceptors (Lipinski definition) is 6. The number of H-pyrrole nitrogens is 1. The highest BCUT2D eigenvalue weighted by Gasteiger charge is 2.52. The molecule has 39 heavy (non-hydrogen) atoms. The average molecular weight is 524 g/mol. The Morgan fingerprint density at radius 3 is 2.36 bits per heavy atom. The number of nitrogen functional groups attached to an aromatic ring is 1. The summed E-state index contributed by atoms with van der Waals surface area (Å²) in [6.07, 6.45) is 7.69. The highest BCUT2D eigenvalue weighted by Crippen LogP contribution is 2.55. The molecule has 202 valence electrons. The molecule has 0 aliphatic heterocycles. The molecule has 0 radical (unpaired) electrons. The average Bonchev–Trinajstić information content (AvgIpc) is 3.47. The van der Waals surface area contributed by atoms with E-state index in [9.17, 15) is 4.79 Å². The van der Waals surface area contributed by atoms with Crippen LogP contribution in [0, 0.1) is 0 Å². The number of hydrogen-bond donors (Lipinski definition) is 3. The van der Waals surface area contributed by atoms with Gasteiger partial charge in [-0.05, 0) is 73.1 Å². The number of aromatic amines is 1. The smallest absolute Gasteiger partial charge is 0.233 e. The van der Waals surface area contributed by atoms with Gasteiger partial charge in [0.2, 0.25) is 5.91 Å². The van der Waals surface area contributed by atoms with E-state index in [0.29, 0.717) is 18.0 Å². The first kappa shape index (κ1) is 25.5. The molecule has 8 nitrogen and oxygen atoms in total. The third-order valence-corrected chi connectivity index (χ3v) is 9.49. The van der Waals surface area contributed by atoms with Crippen molar-refractivity contribution >= 4 is 22.9 Å². The second-order valence-corrected chi connectivity index (χ2v) is 11.4. The highest BCUT2D eigenvalue weighted by atomic mass is 16.1. The van der Waals surface area contributed by atoms with Gasteiger partial charge in [-0.25, -0.2) is 10.1 Å². The summed E-state index contributed by atoms with van der Waals surface area (Å²) in [5, 5.41) is 14.1. The maximum Gasteiger partial charge on any atom is 0.233 e. The van der Waals surface area contributed by atoms with Gasteiger partial charge in [0.25, 0.3) is 0 Å². The van der Waals surface area contributed by atoms with Crippen molar-refractivity contribution in [3.8, 4) is 0 Å². The number of rotatable bonds is 9. The second kappa shape index (κ2) is 10.4. The summed E-state index contributed by atoms with van der Waals surface area (Å²) >= 11 is 0. The molecule has 0 saturated heterocycles. The minimum absolute atomic E-state index is 0.0447. The van der Waals surface area contributed by atoms with Gasteiger partial charge in [0.05, 0.1) is 6.54 Å². The molecule has 8 heteroatoms. The van der Waals surface area contributed by atoms with E-state index in [4.69, 9.17) is 5.73 Å². The van der Waals surface area contributed by atoms with E-state index in [1.54, 1.807) is 7.05 Å². The Labute approximate surface area is 229 Å². The molecular weight excluding hydrogens is 486 g/mol. The summed E-state index contributed by atoms with van der Waals surface area (Å²) in [6.45, 7) is 1.21. The van der Waals surface area contributed by atoms with Crippen LogP contribution in [0.5, 0.6) is 0 Å². The van der Waals surface area contributed by atoms with Gasteiger partial charge in [0.1, 0.15) is 11.3 Å². The Morgan fingerprint density at radius 2 is 1.69 bits per heavy atom. The monoisotopic (exact) mass is 523 g/mol. The van der Waals surface area contributed by atoms with Gasteiger partial charge in [-0.2, -0.15) is 0 Å². The highest BCUT2D eigenvalue weighted by molar-refractivity contribution is 5.78. The number of carbonyl (C=O) groups is 1. The molecule has 3 aliphatic rings. The van der Waals surface area contributed by atoms with Crippen molar-refractivity contribution < 1.29 is 4.79 Å². The van der Waals surface area contributed by atoms with E-state index in [0.717, 1.165) is 43.3 Å². The number of fused-ring (bicyclic) bond motifs is 4. The van der Waals surface area contributed by atoms with Gasteiger partial charge in [-0.1, -0.05) is 65.9 Å². The predicted octanol–water partition coefficient (Wildman–Crippen LogP) is 4.55. The van der Waals surface area contributed by atoms with Crippen LogP contribution in [-0.4, -0.2) is 56.9 Å². The molecule has 1 atom stereocenters. The number of anilines is 1. The molecule has 7 rings (SSSR count). The van der Waals surface area contributed by atoms with Gasteiger partial charge >= 0.3 is 0 Å². The van der Waals surface area contributed by atoms with Crippen LogP contribution < -0.4 is 11.1 Å². The maximum absolute atomic E-state index is 12.8. The van der Waals surface area contributed by atoms with Crippen LogP contribution >= 0.6 is 0 Å². The van der Waals surface area contributed by atoms with Gasteiger partial charge < -0.3 is 11.1 Å². The van der Waals surface area contributed by atoms with Crippen molar-refractivity contribution in [3.05, 3.63) is 83.4 Å². The molecule has 1 amide bonds. The summed E-state index contributed by atoms with van der Waals surface area (Å²) in [7, 11) is 1.73. The number of aromatic nitrogens is 4. The lowest BCUT2D eigenvalue weighted by Gasteiger charge is -2.58. The molecule has 2 heterocycles. The molecular formula is C31H37N7O. The number of nitrogens with one attached hydrogen (secondary N) is 2. The van der Waals surface area contributed by atoms with Crippen molar-refractivity contribution in [2.24, 2.45) is 0 Å². The van der Waals surface area contributed by atoms with Gasteiger partial charge in [-0.3, -0.25) is 9.69 Å². The lowest BCUT2D eigenvalue weighted by Crippen LogP contribution is -2.59. The predicted molar refractivity (Wildman–Crippen MR) is 153 cm³/mol. The number of nitrogens with two attached hydrogens (primary N) is 1. The lowest BCUT2D eigenvalue weighted by molar-refractivity contribution is -0.125. The van der Waals surface area contributed by atoms with Crippen LogP contribution in [-0.2, 0) is 10.2 Å². The molecule has 4 N–H and O–H groups in total. The third kappa shape index (κ3) is 4.78. The van der Waals surface area contributed by atoms with Crippen LogP contribution in [0.2, 0.25) is 0 Å². The molecule has 4 aromatic rings. The van der Waals surface area contributed by atoms with Crippen molar-refractivity contribution in [1.82, 2.24) is 30.6 Å². The van der Waals surface area contributed by atoms with E-state index in [-0.39, 0.29) is 22.8 Å². The van der Waals surface area contributed by atoms with Crippen LogP contribution in [0.25, 0.3) is 11.2 Å². The van der Waals surface area contributed by atoms with Crippen LogP contribution in [0.3, 0.4) is 0 Å². The first-order valence-electron chi connectivity index (χ1n) is 14.1. The molecule has 0 spiro atoms. The molecule has 3 fully saturated rings. The Kier molecular flexibility index (Phi) is 6.81. The van der Waals surface area contributed by atoms with Gasteiger partial charge in [0.15, 0.2) is 5.65 Å². The van der Waals surface area contributed by atoms with Crippen molar-refractivity contribution in [2.75, 3.05) is 25.9 Å². The summed E-state index contributed by atoms with van der Waals surface area (Å²) in [5.74, 6) is 0.559. The standard InChI is InChI=1S/C31H37N7O/c1-33-27(39)21-38(31-16-13-30(14-17-31,15-18-31)23-10-6-3-7-11-23)19-12-24(22-8-4-2-5-9-22)25-20-26(32)34-29-28(25)35-37-36-29/h2-11,20,24H,12-19,21H2,1H3,(H,33,39)(H3,32,34,35,36,37)/t24-,30?,31?/m1/s1. The first-order chi connectivity index (χ1) is 19.0. The number of pyridine rings is 1. The Morgan fingerprint density at radius 1 is 1.03 bits per heavy atom. The molecule has 0 unspecified atom stereocenters. The van der Waals surface area contributed by atoms with E-state index in [1.165, 1.54) is 30.4 Å². The quantitative estimate of drug-likeness (QED) is 0.297. The zero-order valence-electron chi connectivity index (χ0n) is 22.6. The van der Waals surface area contributed by atoms with Gasteiger partial charge in [-0.15, -0.1) is 5.10 Å². The number of likely N-dealkylation sites (N-methyl/N-ethyl adjacent to an activating group) is 1. The first-order valence-corrected chi connectivity index (χ1v) is 14.1. The maximum atomic E-state index is 12.8. The summed E-state index contributed by atoms with van der Waals surface area (Å²) in [4.78, 5) is 19.7. The number of carbonyl (C=O) groups excluding carboxylic acids is 1. The fourth-order valence-corrected chi connectivity index (χ4v) is 7.22. The number of amides is 1. The number of nitrogens with zero attached hydrogens (tertiary/aromatic N) is 4. The van der Waals surface area contributed by atoms with Crippen LogP contribution in [0.4, 0.5) is 5.82 Å². The topological polar surface area (TPSA) is 113 Å². The zero-order chi connectivity index (χ0) is 26.9. The van der Waals surface area contributed by atoms with Crippen LogP contribution in [0.1, 0.15) is 67.6 Å². The minimum atomic E-state index is 0.0447. The van der Waals surface area contributed by atoms with Crippen molar-refractivity contribution in [2.45, 2.75) is 61.8 Å². The zero-order valence-corrected chi connectivity index (χ0v) is 22.6. The minimum Gasteiger partial charge on any atom is -0.384 e. The van der Waals surface area contributed by atoms with Crippen LogP contribution in [0.15, 0.2) is 66.7 Å². The SMILES string of the molecule is CNC(=O)CN(CC[C@H](c1ccccc1)c1cc(N)nc2[nH]nnc12)C12CCC(c3ccccc3)(CC1)CC2. The molecule has 3 aliphatic carbocycles.